The summed E-state index contributed by atoms with van der Waals surface area (Å²) in [6, 6.07) is 0. The second-order valence-corrected chi connectivity index (χ2v) is 11.0. The van der Waals surface area contributed by atoms with E-state index < -0.39 is 40.6 Å². The quantitative estimate of drug-likeness (QED) is 0.184. The van der Waals surface area contributed by atoms with Crippen LogP contribution in [-0.4, -0.2) is 72.9 Å². The van der Waals surface area contributed by atoms with E-state index in [0.717, 1.165) is 18.9 Å². The maximum atomic E-state index is 13.0. The highest BCUT2D eigenvalue weighted by atomic mass is 16.6. The molecule has 5 aliphatic rings. The molecule has 5 rings (SSSR count). The van der Waals surface area contributed by atoms with Gasteiger partial charge in [0.1, 0.15) is 18.3 Å². The normalized spacial score (nSPS) is 43.0. The molecule has 1 N–H and O–H groups in total. The summed E-state index contributed by atoms with van der Waals surface area (Å²) in [4.78, 5) is 36.4. The number of hydrogen-bond acceptors (Lipinski definition) is 8. The summed E-state index contributed by atoms with van der Waals surface area (Å²) in [7, 11) is 0. The highest BCUT2D eigenvalue weighted by molar-refractivity contribution is 5.84. The molecule has 0 aromatic rings. The van der Waals surface area contributed by atoms with Crippen molar-refractivity contribution in [3.05, 3.63) is 36.0 Å². The number of carbonyl (C=O) groups is 3. The smallest absolute Gasteiger partial charge is 0.335 e. The van der Waals surface area contributed by atoms with Crippen LogP contribution in [0.4, 0.5) is 0 Å². The topological polar surface area (TPSA) is 121 Å². The molecule has 1 saturated carbocycles. The number of esters is 2. The summed E-state index contributed by atoms with van der Waals surface area (Å²) in [5.41, 5.74) is -0.699. The highest BCUT2D eigenvalue weighted by Crippen LogP contribution is 2.72. The van der Waals surface area contributed by atoms with E-state index in [0.29, 0.717) is 26.1 Å². The lowest BCUT2D eigenvalue weighted by molar-refractivity contribution is -0.234. The zero-order valence-corrected chi connectivity index (χ0v) is 20.9. The van der Waals surface area contributed by atoms with Crippen LogP contribution in [0.1, 0.15) is 46.5 Å². The van der Waals surface area contributed by atoms with Crippen LogP contribution in [0.25, 0.3) is 0 Å². The molecule has 0 amide bonds. The van der Waals surface area contributed by atoms with Crippen molar-refractivity contribution in [3.63, 3.8) is 0 Å². The summed E-state index contributed by atoms with van der Waals surface area (Å²) < 4.78 is 30.3. The van der Waals surface area contributed by atoms with Gasteiger partial charge in [-0.25, -0.2) is 14.4 Å². The molecule has 3 aliphatic heterocycles. The molecule has 0 aromatic carbocycles. The van der Waals surface area contributed by atoms with Crippen molar-refractivity contribution in [3.8, 4) is 0 Å². The Morgan fingerprint density at radius 2 is 2.00 bits per heavy atom. The van der Waals surface area contributed by atoms with E-state index in [9.17, 15) is 14.4 Å². The number of rotatable bonds is 7. The molecule has 196 valence electrons. The van der Waals surface area contributed by atoms with Crippen LogP contribution in [0.5, 0.6) is 0 Å². The Morgan fingerprint density at radius 1 is 1.25 bits per heavy atom. The number of fused-ring (bicyclic) bond motifs is 2. The second kappa shape index (κ2) is 9.11. The number of ether oxygens (including phenoxy) is 5. The summed E-state index contributed by atoms with van der Waals surface area (Å²) in [5, 5.41) is 8.73. The average Bonchev–Trinajstić information content (AvgIpc) is 3.49. The predicted molar refractivity (Wildman–Crippen MR) is 126 cm³/mol. The number of epoxide rings is 1. The van der Waals surface area contributed by atoms with Gasteiger partial charge < -0.3 is 28.8 Å². The number of carboxylic acid groups (broad SMARTS) is 1. The van der Waals surface area contributed by atoms with Crippen LogP contribution in [0.15, 0.2) is 36.0 Å². The molecule has 9 nitrogen and oxygen atoms in total. The van der Waals surface area contributed by atoms with Gasteiger partial charge in [-0.2, -0.15) is 0 Å². The van der Waals surface area contributed by atoms with Crippen LogP contribution in [0, 0.1) is 16.7 Å². The van der Waals surface area contributed by atoms with Gasteiger partial charge in [0.25, 0.3) is 0 Å². The molecule has 1 spiro atoms. The number of carboxylic acids is 1. The van der Waals surface area contributed by atoms with Gasteiger partial charge in [0, 0.05) is 30.6 Å². The number of carbonyl (C=O) groups excluding carboxylic acids is 2. The lowest BCUT2D eigenvalue weighted by Crippen LogP contribution is -2.66. The van der Waals surface area contributed by atoms with E-state index >= 15 is 0 Å². The monoisotopic (exact) mass is 502 g/mol. The number of aliphatic carboxylic acids is 1. The van der Waals surface area contributed by atoms with E-state index in [-0.39, 0.29) is 30.7 Å². The first kappa shape index (κ1) is 25.2. The van der Waals surface area contributed by atoms with Gasteiger partial charge in [0.2, 0.25) is 0 Å². The Bertz CT molecular complexity index is 1020. The van der Waals surface area contributed by atoms with Gasteiger partial charge in [-0.15, -0.1) is 0 Å². The second-order valence-electron chi connectivity index (χ2n) is 11.0. The van der Waals surface area contributed by atoms with Crippen molar-refractivity contribution in [1.29, 1.82) is 0 Å². The summed E-state index contributed by atoms with van der Waals surface area (Å²) in [6.07, 6.45) is 8.04. The molecule has 9 heteroatoms. The molecule has 36 heavy (non-hydrogen) atoms. The molecule has 4 fully saturated rings. The number of hydrogen-bond donors (Lipinski definition) is 1. The van der Waals surface area contributed by atoms with Crippen LogP contribution in [-0.2, 0) is 38.1 Å². The van der Waals surface area contributed by atoms with Crippen LogP contribution >= 0.6 is 0 Å². The van der Waals surface area contributed by atoms with Crippen LogP contribution in [0.3, 0.4) is 0 Å². The molecular weight excluding hydrogens is 468 g/mol. The van der Waals surface area contributed by atoms with E-state index in [1.54, 1.807) is 0 Å². The van der Waals surface area contributed by atoms with Crippen molar-refractivity contribution < 1.29 is 43.2 Å². The molecule has 8 atom stereocenters. The van der Waals surface area contributed by atoms with Crippen molar-refractivity contribution >= 4 is 17.9 Å². The minimum Gasteiger partial charge on any atom is -0.478 e. The lowest BCUT2D eigenvalue weighted by atomic mass is 9.51. The number of allylic oxidation sites excluding steroid dienone is 3. The summed E-state index contributed by atoms with van der Waals surface area (Å²) in [5.74, 6) is -1.94. The van der Waals surface area contributed by atoms with Gasteiger partial charge in [-0.05, 0) is 32.1 Å². The maximum Gasteiger partial charge on any atom is 0.335 e. The molecule has 0 unspecified atom stereocenters. The fourth-order valence-corrected chi connectivity index (χ4v) is 6.86. The Balaban J connectivity index is 1.43. The molecule has 2 aliphatic carbocycles. The van der Waals surface area contributed by atoms with E-state index in [4.69, 9.17) is 28.8 Å². The molecule has 2 bridgehead atoms. The van der Waals surface area contributed by atoms with E-state index in [1.807, 2.05) is 6.92 Å². The summed E-state index contributed by atoms with van der Waals surface area (Å²) in [6.45, 7) is 7.30. The van der Waals surface area contributed by atoms with E-state index in [2.05, 4.69) is 19.9 Å². The molecular formula is C27H34O9. The minimum absolute atomic E-state index is 0.0992. The van der Waals surface area contributed by atoms with Crippen molar-refractivity contribution in [2.24, 2.45) is 16.7 Å². The molecule has 3 saturated heterocycles. The standard InChI is InChI=1S/C27H34O9/c1-16-8-10-26(14-33-24(31)23-17(2)9-11-32-23)19(12-16)35-20-13-18(25(26,3)27(20)15-34-27)36-22(30)7-5-4-6-21(28)29/h4-7,12,17-20,23H,8-11,13-15H2,1-3H3,(H,28,29)/b6-4+,7-5-/t17-,18-,19+,20-,23+,25-,26+,27-/m1/s1. The fraction of sp³-hybridized carbons (Fsp3) is 0.667. The van der Waals surface area contributed by atoms with Crippen molar-refractivity contribution in [2.45, 2.75) is 76.5 Å². The van der Waals surface area contributed by atoms with Gasteiger partial charge in [-0.1, -0.05) is 37.6 Å². The van der Waals surface area contributed by atoms with Crippen LogP contribution in [0.2, 0.25) is 0 Å². The third-order valence-electron chi connectivity index (χ3n) is 9.15. The maximum absolute atomic E-state index is 13.0. The first-order chi connectivity index (χ1) is 17.1. The first-order valence-corrected chi connectivity index (χ1v) is 12.7. The van der Waals surface area contributed by atoms with Crippen LogP contribution < -0.4 is 0 Å². The highest BCUT2D eigenvalue weighted by Gasteiger charge is 2.83. The van der Waals surface area contributed by atoms with Crippen molar-refractivity contribution in [1.82, 2.24) is 0 Å². The Labute approximate surface area is 210 Å². The lowest BCUT2D eigenvalue weighted by Gasteiger charge is -2.58. The third-order valence-corrected chi connectivity index (χ3v) is 9.15. The Kier molecular flexibility index (Phi) is 6.37. The Morgan fingerprint density at radius 3 is 2.67 bits per heavy atom. The van der Waals surface area contributed by atoms with Crippen molar-refractivity contribution in [2.75, 3.05) is 19.8 Å². The molecule has 0 aromatic heterocycles. The van der Waals surface area contributed by atoms with Gasteiger partial charge in [0.05, 0.1) is 24.2 Å². The predicted octanol–water partition coefficient (Wildman–Crippen LogP) is 2.74. The zero-order valence-electron chi connectivity index (χ0n) is 20.9. The Hall–Kier alpha value is -2.49. The zero-order chi connectivity index (χ0) is 25.7. The largest absolute Gasteiger partial charge is 0.478 e. The third kappa shape index (κ3) is 3.83. The summed E-state index contributed by atoms with van der Waals surface area (Å²) >= 11 is 0. The SMILES string of the molecule is CC1=C[C@@H]2O[C@@H]3C[C@@H](OC(=O)/C=C\C=C\C(=O)O)[C@](C)([C@]2(COC(=O)[C@H]2OCC[C@H]2C)CC1)[C@@]31CO1. The molecule has 0 radical (unpaired) electrons. The first-order valence-electron chi connectivity index (χ1n) is 12.7. The van der Waals surface area contributed by atoms with Gasteiger partial charge >= 0.3 is 17.9 Å². The van der Waals surface area contributed by atoms with E-state index in [1.165, 1.54) is 23.8 Å². The van der Waals surface area contributed by atoms with Gasteiger partial charge in [-0.3, -0.25) is 0 Å². The minimum atomic E-state index is -1.10. The average molecular weight is 503 g/mol. The molecule has 3 heterocycles. The van der Waals surface area contributed by atoms with Gasteiger partial charge in [0.15, 0.2) is 6.10 Å². The fourth-order valence-electron chi connectivity index (χ4n) is 6.86.